The minimum Gasteiger partial charge on any atom is -0.342 e. The molecule has 0 saturated heterocycles. The van der Waals surface area contributed by atoms with Crippen molar-refractivity contribution < 1.29 is 9.36 Å². The summed E-state index contributed by atoms with van der Waals surface area (Å²) in [5.74, 6) is 0.157. The lowest BCUT2D eigenvalue weighted by Gasteiger charge is -2.20. The third-order valence-electron chi connectivity index (χ3n) is 6.19. The highest BCUT2D eigenvalue weighted by molar-refractivity contribution is 6.31. The van der Waals surface area contributed by atoms with Gasteiger partial charge in [-0.25, -0.2) is 0 Å². The molecule has 1 aliphatic rings. The number of hydrogen-bond acceptors (Lipinski definition) is 1. The zero-order chi connectivity index (χ0) is 20.7. The molecule has 0 spiro atoms. The Bertz CT molecular complexity index is 1240. The average molecular weight is 416 g/mol. The number of carbonyl (C=O) groups is 1. The number of Topliss-reactive ketones (excluding diaryl/α,β-unsaturated/α-hetero) is 1. The van der Waals surface area contributed by atoms with Crippen LogP contribution in [0.4, 0.5) is 0 Å². The molecule has 0 bridgehead atoms. The molecule has 0 amide bonds. The summed E-state index contributed by atoms with van der Waals surface area (Å²) in [6.45, 7) is 3.03. The van der Waals surface area contributed by atoms with Crippen molar-refractivity contribution in [2.75, 3.05) is 0 Å². The minimum absolute atomic E-state index is 0.157. The van der Waals surface area contributed by atoms with Crippen LogP contribution in [-0.4, -0.2) is 10.4 Å². The molecule has 1 unspecified atom stereocenters. The summed E-state index contributed by atoms with van der Waals surface area (Å²) in [5, 5.41) is 1.84. The fourth-order valence-electron chi connectivity index (χ4n) is 4.60. The van der Waals surface area contributed by atoms with Gasteiger partial charge in [-0.1, -0.05) is 54.9 Å². The molecular formula is C26H24ClN2O+. The van der Waals surface area contributed by atoms with Crippen molar-refractivity contribution in [3.8, 4) is 0 Å². The van der Waals surface area contributed by atoms with E-state index in [-0.39, 0.29) is 11.8 Å². The Labute approximate surface area is 181 Å². The van der Waals surface area contributed by atoms with Gasteiger partial charge >= 0.3 is 0 Å². The van der Waals surface area contributed by atoms with Crippen molar-refractivity contribution in [1.29, 1.82) is 0 Å². The summed E-state index contributed by atoms with van der Waals surface area (Å²) in [5.41, 5.74) is 5.67. The van der Waals surface area contributed by atoms with E-state index < -0.39 is 0 Å². The lowest BCUT2D eigenvalue weighted by Crippen LogP contribution is -2.45. The Hall–Kier alpha value is -2.91. The molecule has 5 rings (SSSR count). The van der Waals surface area contributed by atoms with Crippen molar-refractivity contribution in [2.45, 2.75) is 38.8 Å². The van der Waals surface area contributed by atoms with Gasteiger partial charge in [0.05, 0.1) is 10.9 Å². The zero-order valence-corrected chi connectivity index (χ0v) is 17.8. The van der Waals surface area contributed by atoms with Gasteiger partial charge in [-0.3, -0.25) is 4.79 Å². The Morgan fingerprint density at radius 2 is 1.97 bits per heavy atom. The number of halogens is 1. The predicted octanol–water partition coefficient (Wildman–Crippen LogP) is 5.56. The smallest absolute Gasteiger partial charge is 0.230 e. The van der Waals surface area contributed by atoms with Crippen LogP contribution < -0.4 is 4.57 Å². The quantitative estimate of drug-likeness (QED) is 0.400. The van der Waals surface area contributed by atoms with Crippen LogP contribution in [-0.2, 0) is 19.4 Å². The number of aromatic nitrogens is 2. The first-order valence-corrected chi connectivity index (χ1v) is 10.9. The van der Waals surface area contributed by atoms with Crippen LogP contribution in [0.2, 0.25) is 5.02 Å². The molecule has 4 heteroatoms. The molecule has 0 aliphatic heterocycles. The van der Waals surface area contributed by atoms with E-state index in [1.807, 2.05) is 24.3 Å². The van der Waals surface area contributed by atoms with E-state index in [0.717, 1.165) is 36.9 Å². The highest BCUT2D eigenvalue weighted by Gasteiger charge is 2.34. The number of nitrogens with zero attached hydrogens (tertiary/aromatic N) is 2. The third kappa shape index (κ3) is 3.33. The number of aryl methyl sites for hydroxylation is 2. The lowest BCUT2D eigenvalue weighted by molar-refractivity contribution is -0.707. The van der Waals surface area contributed by atoms with Crippen LogP contribution in [0.1, 0.15) is 46.4 Å². The number of pyridine rings is 1. The molecule has 2 aromatic carbocycles. The molecule has 1 atom stereocenters. The lowest BCUT2D eigenvalue weighted by atomic mass is 9.87. The van der Waals surface area contributed by atoms with Crippen LogP contribution >= 0.6 is 11.6 Å². The summed E-state index contributed by atoms with van der Waals surface area (Å²) in [6.07, 6.45) is 9.13. The van der Waals surface area contributed by atoms with Gasteiger partial charge in [-0.15, -0.1) is 0 Å². The second-order valence-corrected chi connectivity index (χ2v) is 8.47. The Morgan fingerprint density at radius 3 is 2.77 bits per heavy atom. The molecule has 0 N–H and O–H groups in total. The van der Waals surface area contributed by atoms with E-state index in [2.05, 4.69) is 65.0 Å². The number of fused-ring (bicyclic) bond motifs is 2. The van der Waals surface area contributed by atoms with Crippen molar-refractivity contribution in [3.05, 3.63) is 100 Å². The molecule has 1 aliphatic carbocycles. The zero-order valence-electron chi connectivity index (χ0n) is 17.0. The van der Waals surface area contributed by atoms with Gasteiger partial charge in [-0.05, 0) is 41.7 Å². The third-order valence-corrected chi connectivity index (χ3v) is 6.42. The molecule has 4 aromatic rings. The van der Waals surface area contributed by atoms with Crippen LogP contribution in [0, 0.1) is 0 Å². The standard InChI is InChI=1S/C26H24ClN2O/c1-2-19-16-29(15-18-6-4-3-5-7-18)24-12-13-28(17-23(19)24)25-11-9-20-8-10-21(27)14-22(20)26(25)30/h3-8,10,12-14,16-17,25H,2,9,11,15H2,1H3/q+1. The van der Waals surface area contributed by atoms with E-state index in [0.29, 0.717) is 5.02 Å². The van der Waals surface area contributed by atoms with Gasteiger partial charge < -0.3 is 4.57 Å². The summed E-state index contributed by atoms with van der Waals surface area (Å²) in [4.78, 5) is 13.2. The van der Waals surface area contributed by atoms with Gasteiger partial charge in [0.1, 0.15) is 0 Å². The van der Waals surface area contributed by atoms with E-state index in [1.54, 1.807) is 0 Å². The Kier molecular flexibility index (Phi) is 4.92. The first kappa shape index (κ1) is 19.1. The summed E-state index contributed by atoms with van der Waals surface area (Å²) in [7, 11) is 0. The summed E-state index contributed by atoms with van der Waals surface area (Å²) in [6, 6.07) is 18.2. The first-order valence-electron chi connectivity index (χ1n) is 10.5. The van der Waals surface area contributed by atoms with E-state index in [1.165, 1.54) is 22.0 Å². The SMILES string of the molecule is CCc1cn(Cc2ccccc2)c2cc[n+](C3CCc4ccc(Cl)cc4C3=O)cc12. The molecule has 0 fully saturated rings. The Morgan fingerprint density at radius 1 is 1.13 bits per heavy atom. The molecular weight excluding hydrogens is 392 g/mol. The molecule has 2 heterocycles. The second kappa shape index (κ2) is 7.73. The summed E-state index contributed by atoms with van der Waals surface area (Å²) < 4.78 is 4.41. The summed E-state index contributed by atoms with van der Waals surface area (Å²) >= 11 is 6.16. The fourth-order valence-corrected chi connectivity index (χ4v) is 4.77. The van der Waals surface area contributed by atoms with Gasteiger partial charge in [0, 0.05) is 35.8 Å². The van der Waals surface area contributed by atoms with Crippen LogP contribution in [0.3, 0.4) is 0 Å². The highest BCUT2D eigenvalue weighted by atomic mass is 35.5. The molecule has 3 nitrogen and oxygen atoms in total. The predicted molar refractivity (Wildman–Crippen MR) is 120 cm³/mol. The fraction of sp³-hybridized carbons (Fsp3) is 0.231. The number of benzene rings is 2. The largest absolute Gasteiger partial charge is 0.342 e. The number of ketones is 1. The van der Waals surface area contributed by atoms with E-state index in [9.17, 15) is 4.79 Å². The molecule has 30 heavy (non-hydrogen) atoms. The van der Waals surface area contributed by atoms with E-state index in [4.69, 9.17) is 11.6 Å². The maximum absolute atomic E-state index is 13.2. The first-order chi connectivity index (χ1) is 14.6. The van der Waals surface area contributed by atoms with Crippen molar-refractivity contribution in [3.63, 3.8) is 0 Å². The molecule has 0 saturated carbocycles. The Balaban J connectivity index is 1.53. The van der Waals surface area contributed by atoms with Gasteiger partial charge in [0.2, 0.25) is 11.8 Å². The van der Waals surface area contributed by atoms with Crippen molar-refractivity contribution in [2.24, 2.45) is 0 Å². The topological polar surface area (TPSA) is 25.9 Å². The monoisotopic (exact) mass is 415 g/mol. The number of rotatable bonds is 4. The maximum Gasteiger partial charge on any atom is 0.230 e. The van der Waals surface area contributed by atoms with Crippen LogP contribution in [0.25, 0.3) is 10.9 Å². The minimum atomic E-state index is -0.178. The highest BCUT2D eigenvalue weighted by Crippen LogP contribution is 2.29. The van der Waals surface area contributed by atoms with Crippen molar-refractivity contribution in [1.82, 2.24) is 4.57 Å². The van der Waals surface area contributed by atoms with E-state index >= 15 is 0 Å². The molecule has 150 valence electrons. The number of hydrogen-bond donors (Lipinski definition) is 0. The van der Waals surface area contributed by atoms with Gasteiger partial charge in [0.15, 0.2) is 12.4 Å². The van der Waals surface area contributed by atoms with Crippen LogP contribution in [0.15, 0.2) is 73.2 Å². The normalized spacial score (nSPS) is 16.1. The average Bonchev–Trinajstić information content (AvgIpc) is 3.12. The van der Waals surface area contributed by atoms with Crippen LogP contribution in [0.5, 0.6) is 0 Å². The van der Waals surface area contributed by atoms with Crippen molar-refractivity contribution >= 4 is 28.3 Å². The van der Waals surface area contributed by atoms with Gasteiger partial charge in [0.25, 0.3) is 0 Å². The van der Waals surface area contributed by atoms with Gasteiger partial charge in [-0.2, -0.15) is 4.57 Å². The number of carbonyl (C=O) groups excluding carboxylic acids is 1. The maximum atomic E-state index is 13.2. The molecule has 2 aromatic heterocycles. The molecule has 0 radical (unpaired) electrons. The second-order valence-electron chi connectivity index (χ2n) is 8.03.